The van der Waals surface area contributed by atoms with Crippen LogP contribution in [-0.2, 0) is 0 Å². The third-order valence-corrected chi connectivity index (χ3v) is 3.38. The molecule has 2 aromatic rings. The predicted octanol–water partition coefficient (Wildman–Crippen LogP) is 4.60. The first-order valence-electron chi connectivity index (χ1n) is 6.85. The van der Waals surface area contributed by atoms with Gasteiger partial charge in [0.25, 0.3) is 0 Å². The summed E-state index contributed by atoms with van der Waals surface area (Å²) in [6, 6.07) is 12.8. The van der Waals surface area contributed by atoms with Crippen LogP contribution in [0.2, 0.25) is 0 Å². The molecular weight excluding hydrogens is 253 g/mol. The molecule has 1 unspecified atom stereocenters. The van der Waals surface area contributed by atoms with Crippen molar-refractivity contribution in [3.63, 3.8) is 0 Å². The number of aryl methyl sites for hydroxylation is 1. The van der Waals surface area contributed by atoms with Crippen LogP contribution in [0.5, 0.6) is 11.5 Å². The minimum Gasteiger partial charge on any atom is -0.457 e. The first-order chi connectivity index (χ1) is 9.63. The van der Waals surface area contributed by atoms with Crippen LogP contribution < -0.4 is 10.1 Å². The van der Waals surface area contributed by atoms with Crippen LogP contribution in [0, 0.1) is 12.7 Å². The third kappa shape index (κ3) is 3.36. The molecule has 1 atom stereocenters. The lowest BCUT2D eigenvalue weighted by molar-refractivity contribution is 0.473. The molecule has 0 aliphatic rings. The Bertz CT molecular complexity index is 579. The molecule has 0 radical (unpaired) electrons. The quantitative estimate of drug-likeness (QED) is 0.859. The molecular formula is C17H20FNO. The molecule has 106 valence electrons. The first-order valence-corrected chi connectivity index (χ1v) is 6.85. The van der Waals surface area contributed by atoms with Gasteiger partial charge in [-0.2, -0.15) is 0 Å². The van der Waals surface area contributed by atoms with E-state index in [4.69, 9.17) is 4.74 Å². The molecule has 2 aromatic carbocycles. The lowest BCUT2D eigenvalue weighted by atomic mass is 10.0. The maximum absolute atomic E-state index is 13.1. The maximum atomic E-state index is 13.1. The standard InChI is InChI=1S/C17H20FNO/c1-4-16(19-3)13-6-5-7-15(11-13)20-17-9-8-14(18)10-12(17)2/h5-11,16,19H,4H2,1-3H3. The molecule has 0 amide bonds. The molecule has 0 aliphatic carbocycles. The van der Waals surface area contributed by atoms with E-state index in [9.17, 15) is 4.39 Å². The minimum absolute atomic E-state index is 0.246. The molecule has 3 heteroatoms. The average Bonchev–Trinajstić information content (AvgIpc) is 2.44. The third-order valence-electron chi connectivity index (χ3n) is 3.38. The topological polar surface area (TPSA) is 21.3 Å². The van der Waals surface area contributed by atoms with E-state index in [0.29, 0.717) is 11.8 Å². The highest BCUT2D eigenvalue weighted by atomic mass is 19.1. The Kier molecular flexibility index (Phi) is 4.74. The monoisotopic (exact) mass is 273 g/mol. The van der Waals surface area contributed by atoms with Gasteiger partial charge in [-0.1, -0.05) is 19.1 Å². The number of nitrogens with one attached hydrogen (secondary N) is 1. The van der Waals surface area contributed by atoms with Crippen LogP contribution in [0.3, 0.4) is 0 Å². The molecule has 2 nitrogen and oxygen atoms in total. The molecule has 0 aliphatic heterocycles. The predicted molar refractivity (Wildman–Crippen MR) is 79.7 cm³/mol. The fraction of sp³-hybridized carbons (Fsp3) is 0.294. The Labute approximate surface area is 119 Å². The summed E-state index contributed by atoms with van der Waals surface area (Å²) in [4.78, 5) is 0. The van der Waals surface area contributed by atoms with Crippen molar-refractivity contribution in [3.8, 4) is 11.5 Å². The van der Waals surface area contributed by atoms with Gasteiger partial charge >= 0.3 is 0 Å². The fourth-order valence-electron chi connectivity index (χ4n) is 2.26. The van der Waals surface area contributed by atoms with E-state index < -0.39 is 0 Å². The van der Waals surface area contributed by atoms with Crippen LogP contribution in [0.4, 0.5) is 4.39 Å². The van der Waals surface area contributed by atoms with Gasteiger partial charge in [0.1, 0.15) is 17.3 Å². The molecule has 0 saturated heterocycles. The summed E-state index contributed by atoms with van der Waals surface area (Å²) in [5.74, 6) is 1.21. The maximum Gasteiger partial charge on any atom is 0.130 e. The van der Waals surface area contributed by atoms with Crippen molar-refractivity contribution in [2.24, 2.45) is 0 Å². The Balaban J connectivity index is 2.23. The minimum atomic E-state index is -0.246. The molecule has 0 spiro atoms. The number of ether oxygens (including phenoxy) is 1. The lowest BCUT2D eigenvalue weighted by Crippen LogP contribution is -2.14. The SMILES string of the molecule is CCC(NC)c1cccc(Oc2ccc(F)cc2C)c1. The summed E-state index contributed by atoms with van der Waals surface area (Å²) >= 11 is 0. The van der Waals surface area contributed by atoms with Gasteiger partial charge in [0.2, 0.25) is 0 Å². The van der Waals surface area contributed by atoms with Crippen molar-refractivity contribution in [1.29, 1.82) is 0 Å². The Morgan fingerprint density at radius 1 is 1.20 bits per heavy atom. The van der Waals surface area contributed by atoms with Crippen LogP contribution in [-0.4, -0.2) is 7.05 Å². The zero-order chi connectivity index (χ0) is 14.5. The number of benzene rings is 2. The van der Waals surface area contributed by atoms with E-state index in [1.165, 1.54) is 17.7 Å². The van der Waals surface area contributed by atoms with Gasteiger partial charge in [-0.05, 0) is 61.9 Å². The van der Waals surface area contributed by atoms with Crippen LogP contribution in [0.1, 0.15) is 30.5 Å². The van der Waals surface area contributed by atoms with Gasteiger partial charge in [0.05, 0.1) is 0 Å². The summed E-state index contributed by atoms with van der Waals surface area (Å²) in [5.41, 5.74) is 1.98. The van der Waals surface area contributed by atoms with Gasteiger partial charge < -0.3 is 10.1 Å². The summed E-state index contributed by atoms with van der Waals surface area (Å²) in [6.45, 7) is 3.98. The van der Waals surface area contributed by atoms with Gasteiger partial charge in [-0.3, -0.25) is 0 Å². The van der Waals surface area contributed by atoms with Crippen molar-refractivity contribution < 1.29 is 9.13 Å². The zero-order valence-corrected chi connectivity index (χ0v) is 12.1. The highest BCUT2D eigenvalue weighted by molar-refractivity contribution is 5.39. The summed E-state index contributed by atoms with van der Waals surface area (Å²) in [6.07, 6.45) is 1.01. The first kappa shape index (κ1) is 14.5. The Morgan fingerprint density at radius 2 is 2.00 bits per heavy atom. The number of halogens is 1. The van der Waals surface area contributed by atoms with E-state index in [1.807, 2.05) is 32.2 Å². The number of rotatable bonds is 5. The second-order valence-corrected chi connectivity index (χ2v) is 4.83. The van der Waals surface area contributed by atoms with E-state index >= 15 is 0 Å². The molecule has 1 N–H and O–H groups in total. The number of hydrogen-bond donors (Lipinski definition) is 1. The van der Waals surface area contributed by atoms with Crippen LogP contribution in [0.15, 0.2) is 42.5 Å². The summed E-state index contributed by atoms with van der Waals surface area (Å²) < 4.78 is 18.9. The average molecular weight is 273 g/mol. The van der Waals surface area contributed by atoms with Gasteiger partial charge in [0.15, 0.2) is 0 Å². The van der Waals surface area contributed by atoms with Gasteiger partial charge in [-0.25, -0.2) is 4.39 Å². The fourth-order valence-corrected chi connectivity index (χ4v) is 2.26. The molecule has 2 rings (SSSR count). The molecule has 0 saturated carbocycles. The van der Waals surface area contributed by atoms with Gasteiger partial charge in [-0.15, -0.1) is 0 Å². The summed E-state index contributed by atoms with van der Waals surface area (Å²) in [7, 11) is 1.95. The Morgan fingerprint density at radius 3 is 2.65 bits per heavy atom. The van der Waals surface area contributed by atoms with Crippen molar-refractivity contribution in [1.82, 2.24) is 5.32 Å². The van der Waals surface area contributed by atoms with Crippen molar-refractivity contribution in [2.75, 3.05) is 7.05 Å². The van der Waals surface area contributed by atoms with Crippen molar-refractivity contribution in [3.05, 3.63) is 59.4 Å². The largest absolute Gasteiger partial charge is 0.457 e. The smallest absolute Gasteiger partial charge is 0.130 e. The summed E-state index contributed by atoms with van der Waals surface area (Å²) in [5, 5.41) is 3.27. The normalized spacial score (nSPS) is 12.2. The molecule has 20 heavy (non-hydrogen) atoms. The van der Waals surface area contributed by atoms with Gasteiger partial charge in [0, 0.05) is 6.04 Å². The van der Waals surface area contributed by atoms with Crippen molar-refractivity contribution in [2.45, 2.75) is 26.3 Å². The van der Waals surface area contributed by atoms with E-state index in [2.05, 4.69) is 18.3 Å². The second kappa shape index (κ2) is 6.53. The van der Waals surface area contributed by atoms with E-state index in [-0.39, 0.29) is 5.82 Å². The molecule has 0 aromatic heterocycles. The van der Waals surface area contributed by atoms with E-state index in [1.54, 1.807) is 6.07 Å². The Hall–Kier alpha value is -1.87. The molecule has 0 bridgehead atoms. The lowest BCUT2D eigenvalue weighted by Gasteiger charge is -2.16. The van der Waals surface area contributed by atoms with Crippen LogP contribution in [0.25, 0.3) is 0 Å². The van der Waals surface area contributed by atoms with Crippen LogP contribution >= 0.6 is 0 Å². The number of hydrogen-bond acceptors (Lipinski definition) is 2. The molecule has 0 fully saturated rings. The second-order valence-electron chi connectivity index (χ2n) is 4.83. The van der Waals surface area contributed by atoms with E-state index in [0.717, 1.165) is 17.7 Å². The highest BCUT2D eigenvalue weighted by Crippen LogP contribution is 2.28. The van der Waals surface area contributed by atoms with Crippen molar-refractivity contribution >= 4 is 0 Å². The zero-order valence-electron chi connectivity index (χ0n) is 12.1. The molecule has 0 heterocycles. The highest BCUT2D eigenvalue weighted by Gasteiger charge is 2.08.